The number of anilines is 1. The molecule has 0 unspecified atom stereocenters. The smallest absolute Gasteiger partial charge is 0.250 e. The maximum Gasteiger partial charge on any atom is 0.250 e. The van der Waals surface area contributed by atoms with Crippen LogP contribution in [0.25, 0.3) is 0 Å². The summed E-state index contributed by atoms with van der Waals surface area (Å²) in [5, 5.41) is 3.22. The fourth-order valence-electron chi connectivity index (χ4n) is 1.02. The van der Waals surface area contributed by atoms with E-state index in [1.165, 1.54) is 6.20 Å². The second-order valence-electron chi connectivity index (χ2n) is 4.11. The highest BCUT2D eigenvalue weighted by Gasteiger charge is 2.15. The maximum atomic E-state index is 10.8. The van der Waals surface area contributed by atoms with E-state index in [-0.39, 0.29) is 4.75 Å². The third-order valence-electron chi connectivity index (χ3n) is 2.30. The average molecular weight is 239 g/mol. The number of nitrogens with zero attached hydrogens (tertiary/aromatic N) is 1. The van der Waals surface area contributed by atoms with Crippen LogP contribution in [-0.2, 0) is 0 Å². The van der Waals surface area contributed by atoms with Crippen LogP contribution in [0, 0.1) is 0 Å². The highest BCUT2D eigenvalue weighted by atomic mass is 32.2. The molecule has 1 aromatic rings. The summed E-state index contributed by atoms with van der Waals surface area (Å²) in [6.07, 6.45) is 3.56. The molecule has 0 bridgehead atoms. The van der Waals surface area contributed by atoms with Crippen molar-refractivity contribution in [2.45, 2.75) is 18.6 Å². The number of primary amides is 1. The number of nitrogens with one attached hydrogen (secondary N) is 1. The number of aromatic nitrogens is 1. The van der Waals surface area contributed by atoms with Crippen LogP contribution in [-0.4, -0.2) is 28.4 Å². The predicted octanol–water partition coefficient (Wildman–Crippen LogP) is 1.73. The number of carbonyl (C=O) groups excluding carboxylic acids is 1. The third kappa shape index (κ3) is 3.73. The van der Waals surface area contributed by atoms with Gasteiger partial charge in [0.25, 0.3) is 0 Å². The summed E-state index contributed by atoms with van der Waals surface area (Å²) < 4.78 is 0.157. The van der Waals surface area contributed by atoms with E-state index in [0.29, 0.717) is 5.56 Å². The molecule has 0 aliphatic heterocycles. The van der Waals surface area contributed by atoms with Gasteiger partial charge in [-0.3, -0.25) is 4.79 Å². The first-order chi connectivity index (χ1) is 7.44. The number of nitrogens with two attached hydrogens (primary N) is 1. The Morgan fingerprint density at radius 1 is 1.56 bits per heavy atom. The van der Waals surface area contributed by atoms with E-state index in [4.69, 9.17) is 5.73 Å². The second kappa shape index (κ2) is 5.21. The maximum absolute atomic E-state index is 10.8. The van der Waals surface area contributed by atoms with Gasteiger partial charge in [0, 0.05) is 17.5 Å². The van der Waals surface area contributed by atoms with Crippen molar-refractivity contribution in [2.75, 3.05) is 18.1 Å². The molecule has 1 aromatic heterocycles. The van der Waals surface area contributed by atoms with E-state index in [1.807, 2.05) is 0 Å². The van der Waals surface area contributed by atoms with E-state index >= 15 is 0 Å². The Morgan fingerprint density at radius 3 is 2.69 bits per heavy atom. The van der Waals surface area contributed by atoms with Crippen molar-refractivity contribution >= 4 is 23.5 Å². The van der Waals surface area contributed by atoms with Gasteiger partial charge in [-0.05, 0) is 32.2 Å². The van der Waals surface area contributed by atoms with Gasteiger partial charge in [0.15, 0.2) is 0 Å². The molecular formula is C11H17N3OS. The zero-order chi connectivity index (χ0) is 12.2. The van der Waals surface area contributed by atoms with Crippen molar-refractivity contribution in [3.63, 3.8) is 0 Å². The van der Waals surface area contributed by atoms with Crippen LogP contribution in [0.4, 0.5) is 5.82 Å². The Kier molecular flexibility index (Phi) is 4.18. The van der Waals surface area contributed by atoms with E-state index in [9.17, 15) is 4.79 Å². The van der Waals surface area contributed by atoms with Crippen LogP contribution < -0.4 is 11.1 Å². The van der Waals surface area contributed by atoms with Crippen LogP contribution >= 0.6 is 11.8 Å². The van der Waals surface area contributed by atoms with Gasteiger partial charge in [0.1, 0.15) is 5.82 Å². The van der Waals surface area contributed by atoms with Gasteiger partial charge >= 0.3 is 0 Å². The number of hydrogen-bond acceptors (Lipinski definition) is 4. The van der Waals surface area contributed by atoms with Crippen molar-refractivity contribution in [3.05, 3.63) is 23.9 Å². The number of pyridine rings is 1. The summed E-state index contributed by atoms with van der Waals surface area (Å²) in [6.45, 7) is 5.13. The molecule has 1 rings (SSSR count). The molecular weight excluding hydrogens is 222 g/mol. The Hall–Kier alpha value is -1.23. The summed E-state index contributed by atoms with van der Waals surface area (Å²) in [5.74, 6) is 0.301. The summed E-state index contributed by atoms with van der Waals surface area (Å²) in [7, 11) is 0. The number of amides is 1. The fourth-order valence-corrected chi connectivity index (χ4v) is 1.24. The average Bonchev–Trinajstić information content (AvgIpc) is 2.27. The Morgan fingerprint density at radius 2 is 2.25 bits per heavy atom. The van der Waals surface area contributed by atoms with Crippen molar-refractivity contribution < 1.29 is 4.79 Å². The minimum Gasteiger partial charge on any atom is -0.369 e. The SMILES string of the molecule is CSC(C)(C)CNc1ccc(C(N)=O)cn1. The lowest BCUT2D eigenvalue weighted by atomic mass is 10.2. The highest BCUT2D eigenvalue weighted by Crippen LogP contribution is 2.21. The van der Waals surface area contributed by atoms with Gasteiger partial charge in [0.2, 0.25) is 5.91 Å². The summed E-state index contributed by atoms with van der Waals surface area (Å²) in [5.41, 5.74) is 5.55. The Bertz CT molecular complexity index is 362. The zero-order valence-electron chi connectivity index (χ0n) is 9.78. The molecule has 88 valence electrons. The molecule has 1 amide bonds. The Balaban J connectivity index is 2.59. The summed E-state index contributed by atoms with van der Waals surface area (Å²) in [4.78, 5) is 15.0. The second-order valence-corrected chi connectivity index (χ2v) is 5.63. The molecule has 0 spiro atoms. The van der Waals surface area contributed by atoms with Gasteiger partial charge in [-0.1, -0.05) is 0 Å². The Labute approximate surface area is 100 Å². The van der Waals surface area contributed by atoms with Gasteiger partial charge in [-0.15, -0.1) is 0 Å². The van der Waals surface area contributed by atoms with Crippen LogP contribution in [0.2, 0.25) is 0 Å². The quantitative estimate of drug-likeness (QED) is 0.821. The van der Waals surface area contributed by atoms with Gasteiger partial charge in [0.05, 0.1) is 5.56 Å². The van der Waals surface area contributed by atoms with E-state index in [0.717, 1.165) is 12.4 Å². The van der Waals surface area contributed by atoms with E-state index in [2.05, 4.69) is 30.4 Å². The summed E-state index contributed by atoms with van der Waals surface area (Å²) in [6, 6.07) is 3.43. The molecule has 16 heavy (non-hydrogen) atoms. The van der Waals surface area contributed by atoms with Gasteiger partial charge in [-0.25, -0.2) is 4.98 Å². The minimum absolute atomic E-state index is 0.157. The molecule has 4 nitrogen and oxygen atoms in total. The third-order valence-corrected chi connectivity index (χ3v) is 3.55. The molecule has 0 radical (unpaired) electrons. The molecule has 0 aliphatic carbocycles. The lowest BCUT2D eigenvalue weighted by molar-refractivity contribution is 0.1000. The predicted molar refractivity (Wildman–Crippen MR) is 68.8 cm³/mol. The van der Waals surface area contributed by atoms with E-state index < -0.39 is 5.91 Å². The molecule has 0 aromatic carbocycles. The zero-order valence-corrected chi connectivity index (χ0v) is 10.6. The largest absolute Gasteiger partial charge is 0.369 e. The highest BCUT2D eigenvalue weighted by molar-refractivity contribution is 7.99. The first-order valence-corrected chi connectivity index (χ1v) is 6.22. The minimum atomic E-state index is -0.455. The van der Waals surface area contributed by atoms with Crippen LogP contribution in [0.15, 0.2) is 18.3 Å². The summed E-state index contributed by atoms with van der Waals surface area (Å²) >= 11 is 1.79. The number of hydrogen-bond donors (Lipinski definition) is 2. The topological polar surface area (TPSA) is 68.0 Å². The first kappa shape index (κ1) is 12.8. The molecule has 1 heterocycles. The number of thioether (sulfide) groups is 1. The normalized spacial score (nSPS) is 11.2. The van der Waals surface area contributed by atoms with Crippen LogP contribution in [0.3, 0.4) is 0 Å². The van der Waals surface area contributed by atoms with Crippen molar-refractivity contribution in [3.8, 4) is 0 Å². The molecule has 0 aliphatic rings. The van der Waals surface area contributed by atoms with Gasteiger partial charge in [-0.2, -0.15) is 11.8 Å². The molecule has 0 fully saturated rings. The van der Waals surface area contributed by atoms with Crippen molar-refractivity contribution in [1.29, 1.82) is 0 Å². The number of rotatable bonds is 5. The molecule has 5 heteroatoms. The first-order valence-electron chi connectivity index (χ1n) is 4.99. The molecule has 0 saturated carbocycles. The lowest BCUT2D eigenvalue weighted by Crippen LogP contribution is -2.26. The fraction of sp³-hybridized carbons (Fsp3) is 0.455. The molecule has 0 atom stereocenters. The van der Waals surface area contributed by atoms with Crippen molar-refractivity contribution in [2.24, 2.45) is 5.73 Å². The number of carbonyl (C=O) groups is 1. The monoisotopic (exact) mass is 239 g/mol. The van der Waals surface area contributed by atoms with Crippen LogP contribution in [0.1, 0.15) is 24.2 Å². The lowest BCUT2D eigenvalue weighted by Gasteiger charge is -2.22. The van der Waals surface area contributed by atoms with Crippen LogP contribution in [0.5, 0.6) is 0 Å². The molecule has 3 N–H and O–H groups in total. The van der Waals surface area contributed by atoms with Crippen molar-refractivity contribution in [1.82, 2.24) is 4.98 Å². The molecule has 0 saturated heterocycles. The van der Waals surface area contributed by atoms with Gasteiger partial charge < -0.3 is 11.1 Å². The standard InChI is InChI=1S/C11H17N3OS/c1-11(2,16-3)7-14-9-5-4-8(6-13-9)10(12)15/h4-6H,7H2,1-3H3,(H2,12,15)(H,13,14). The van der Waals surface area contributed by atoms with E-state index in [1.54, 1.807) is 23.9 Å².